The summed E-state index contributed by atoms with van der Waals surface area (Å²) in [4.78, 5) is 40.5. The molecule has 152 valence electrons. The van der Waals surface area contributed by atoms with Crippen molar-refractivity contribution < 1.29 is 24.2 Å². The number of carboxylic acids is 1. The number of aliphatic carboxylic acids is 1. The lowest BCUT2D eigenvalue weighted by molar-refractivity contribution is -0.194. The van der Waals surface area contributed by atoms with Crippen LogP contribution in [0.1, 0.15) is 67.2 Å². The fourth-order valence-corrected chi connectivity index (χ4v) is 5.77. The lowest BCUT2D eigenvalue weighted by atomic mass is 9.57. The molecule has 0 aromatic heterocycles. The number of ether oxygens (including phenoxy) is 1. The minimum Gasteiger partial charge on any atom is -0.481 e. The molecule has 6 heteroatoms. The Kier molecular flexibility index (Phi) is 4.44. The van der Waals surface area contributed by atoms with Gasteiger partial charge >= 0.3 is 11.9 Å². The van der Waals surface area contributed by atoms with Crippen LogP contribution in [0.15, 0.2) is 0 Å². The van der Waals surface area contributed by atoms with E-state index in [9.17, 15) is 19.5 Å². The van der Waals surface area contributed by atoms with Crippen molar-refractivity contribution in [1.29, 1.82) is 0 Å². The largest absolute Gasteiger partial charge is 0.481 e. The van der Waals surface area contributed by atoms with E-state index in [1.54, 1.807) is 4.90 Å². The third-order valence-electron chi connectivity index (χ3n) is 8.01. The Morgan fingerprint density at radius 2 is 1.85 bits per heavy atom. The van der Waals surface area contributed by atoms with Crippen LogP contribution in [0.5, 0.6) is 0 Å². The first-order valence-electron chi connectivity index (χ1n) is 10.0. The predicted molar refractivity (Wildman–Crippen MR) is 99.8 cm³/mol. The van der Waals surface area contributed by atoms with Crippen molar-refractivity contribution in [3.05, 3.63) is 0 Å². The summed E-state index contributed by atoms with van der Waals surface area (Å²) in [6.45, 7) is 12.6. The zero-order valence-electron chi connectivity index (χ0n) is 17.4. The molecule has 3 rings (SSSR count). The Balaban J connectivity index is 2.02. The lowest BCUT2D eigenvalue weighted by Gasteiger charge is -2.51. The molecule has 27 heavy (non-hydrogen) atoms. The number of carboxylic acid groups (broad SMARTS) is 1. The number of rotatable bonds is 3. The highest BCUT2D eigenvalue weighted by Crippen LogP contribution is 2.66. The van der Waals surface area contributed by atoms with E-state index in [1.807, 2.05) is 34.6 Å². The van der Waals surface area contributed by atoms with Crippen LogP contribution in [-0.4, -0.2) is 47.0 Å². The second-order valence-corrected chi connectivity index (χ2v) is 10.6. The van der Waals surface area contributed by atoms with Gasteiger partial charge in [0, 0.05) is 18.0 Å². The predicted octanol–water partition coefficient (Wildman–Crippen LogP) is 3.09. The molecule has 6 nitrogen and oxygen atoms in total. The van der Waals surface area contributed by atoms with Crippen LogP contribution >= 0.6 is 0 Å². The van der Waals surface area contributed by atoms with Crippen LogP contribution in [0, 0.1) is 27.6 Å². The van der Waals surface area contributed by atoms with Crippen LogP contribution in [0.2, 0.25) is 0 Å². The van der Waals surface area contributed by atoms with Crippen LogP contribution in [0.25, 0.3) is 0 Å². The number of cyclic esters (lactones) is 1. The molecule has 2 unspecified atom stereocenters. The number of fused-ring (bicyclic) bond motifs is 2. The molecule has 2 bridgehead atoms. The maximum Gasteiger partial charge on any atom is 0.322 e. The molecule has 0 aromatic carbocycles. The van der Waals surface area contributed by atoms with Crippen molar-refractivity contribution in [2.45, 2.75) is 73.3 Å². The fraction of sp³-hybridized carbons (Fsp3) is 0.857. The van der Waals surface area contributed by atoms with Crippen LogP contribution in [0.3, 0.4) is 0 Å². The van der Waals surface area contributed by atoms with E-state index in [0.717, 1.165) is 12.8 Å². The summed E-state index contributed by atoms with van der Waals surface area (Å²) in [6, 6.07) is -0.387. The van der Waals surface area contributed by atoms with Gasteiger partial charge in [-0.25, -0.2) is 0 Å². The summed E-state index contributed by atoms with van der Waals surface area (Å²) in [5.74, 6) is -2.21. The van der Waals surface area contributed by atoms with Gasteiger partial charge in [0.15, 0.2) is 5.41 Å². The first-order chi connectivity index (χ1) is 12.3. The van der Waals surface area contributed by atoms with Gasteiger partial charge in [0.2, 0.25) is 5.91 Å². The summed E-state index contributed by atoms with van der Waals surface area (Å²) < 4.78 is 5.50. The van der Waals surface area contributed by atoms with Crippen molar-refractivity contribution in [3.8, 4) is 0 Å². The first kappa shape index (κ1) is 20.2. The van der Waals surface area contributed by atoms with Gasteiger partial charge in [0.05, 0.1) is 12.5 Å². The van der Waals surface area contributed by atoms with Crippen molar-refractivity contribution in [2.24, 2.45) is 27.6 Å². The van der Waals surface area contributed by atoms with Gasteiger partial charge in [-0.1, -0.05) is 41.5 Å². The third-order valence-corrected chi connectivity index (χ3v) is 8.01. The topological polar surface area (TPSA) is 83.9 Å². The molecule has 2 heterocycles. The second kappa shape index (κ2) is 5.95. The monoisotopic (exact) mass is 379 g/mol. The van der Waals surface area contributed by atoms with Crippen LogP contribution in [0.4, 0.5) is 0 Å². The Morgan fingerprint density at radius 1 is 1.22 bits per heavy atom. The quantitative estimate of drug-likeness (QED) is 0.602. The molecule has 0 radical (unpaired) electrons. The van der Waals surface area contributed by atoms with Gasteiger partial charge in [0.1, 0.15) is 0 Å². The summed E-state index contributed by atoms with van der Waals surface area (Å²) in [6.07, 6.45) is 2.66. The lowest BCUT2D eigenvalue weighted by Crippen LogP contribution is -2.62. The molecule has 2 saturated heterocycles. The highest BCUT2D eigenvalue weighted by atomic mass is 16.5. The van der Waals surface area contributed by atoms with E-state index in [0.29, 0.717) is 26.0 Å². The summed E-state index contributed by atoms with van der Waals surface area (Å²) in [5.41, 5.74) is -2.45. The number of carbonyl (C=O) groups is 3. The van der Waals surface area contributed by atoms with E-state index in [4.69, 9.17) is 4.74 Å². The molecule has 0 aromatic rings. The van der Waals surface area contributed by atoms with Gasteiger partial charge in [-0.15, -0.1) is 0 Å². The zero-order chi connectivity index (χ0) is 20.4. The fourth-order valence-electron chi connectivity index (χ4n) is 5.77. The molecule has 3 aliphatic rings. The second-order valence-electron chi connectivity index (χ2n) is 10.6. The summed E-state index contributed by atoms with van der Waals surface area (Å²) >= 11 is 0. The number of hydrogen-bond donors (Lipinski definition) is 1. The minimum atomic E-state index is -1.20. The normalized spacial score (nSPS) is 36.4. The van der Waals surface area contributed by atoms with E-state index in [-0.39, 0.29) is 17.4 Å². The van der Waals surface area contributed by atoms with Gasteiger partial charge in [0.25, 0.3) is 0 Å². The number of likely N-dealkylation sites (tertiary alicyclic amines) is 1. The number of carbonyl (C=O) groups excluding carboxylic acids is 2. The third kappa shape index (κ3) is 2.54. The molecule has 1 amide bonds. The Labute approximate surface area is 161 Å². The van der Waals surface area contributed by atoms with Crippen molar-refractivity contribution >= 4 is 17.8 Å². The average molecular weight is 379 g/mol. The Bertz CT molecular complexity index is 679. The number of hydrogen-bond acceptors (Lipinski definition) is 4. The van der Waals surface area contributed by atoms with Crippen LogP contribution < -0.4 is 0 Å². The van der Waals surface area contributed by atoms with E-state index in [1.165, 1.54) is 0 Å². The molecule has 2 aliphatic heterocycles. The Hall–Kier alpha value is -1.59. The van der Waals surface area contributed by atoms with E-state index in [2.05, 4.69) is 6.92 Å². The maximum absolute atomic E-state index is 13.8. The molecule has 1 N–H and O–H groups in total. The van der Waals surface area contributed by atoms with Crippen molar-refractivity contribution in [2.75, 3.05) is 13.2 Å². The number of nitrogens with zero attached hydrogens (tertiary/aromatic N) is 1. The highest BCUT2D eigenvalue weighted by molar-refractivity contribution is 6.05. The van der Waals surface area contributed by atoms with Crippen molar-refractivity contribution in [1.82, 2.24) is 4.90 Å². The van der Waals surface area contributed by atoms with Gasteiger partial charge < -0.3 is 14.7 Å². The summed E-state index contributed by atoms with van der Waals surface area (Å²) in [5, 5.41) is 9.87. The molecule has 3 fully saturated rings. The van der Waals surface area contributed by atoms with E-state index < -0.39 is 34.1 Å². The molecule has 1 saturated carbocycles. The maximum atomic E-state index is 13.8. The SMILES string of the molecule is CC(C)(C)[C@H](C(=O)O)C1CCCN1C(=O)C12CC[C@@](C)(COC1=O)C2(C)C. The molecule has 4 atom stereocenters. The van der Waals surface area contributed by atoms with Gasteiger partial charge in [-0.2, -0.15) is 0 Å². The number of esters is 1. The van der Waals surface area contributed by atoms with E-state index >= 15 is 0 Å². The molecule has 1 aliphatic carbocycles. The minimum absolute atomic E-state index is 0.223. The summed E-state index contributed by atoms with van der Waals surface area (Å²) in [7, 11) is 0. The number of amides is 1. The van der Waals surface area contributed by atoms with Crippen LogP contribution in [-0.2, 0) is 19.1 Å². The molecular weight excluding hydrogens is 346 g/mol. The Morgan fingerprint density at radius 3 is 2.41 bits per heavy atom. The smallest absolute Gasteiger partial charge is 0.322 e. The molecular formula is C21H33NO5. The van der Waals surface area contributed by atoms with Crippen molar-refractivity contribution in [3.63, 3.8) is 0 Å². The zero-order valence-corrected chi connectivity index (χ0v) is 17.4. The van der Waals surface area contributed by atoms with Gasteiger partial charge in [-0.3, -0.25) is 14.4 Å². The highest BCUT2D eigenvalue weighted by Gasteiger charge is 2.72. The standard InChI is InChI=1S/C21H33NO5/c1-18(2,3)14(15(23)24)13-8-7-11-22(13)16(25)21-10-9-20(6,19(21,4)5)12-27-17(21)26/h13-14H,7-12H2,1-6H3,(H,23,24)/t13?,14-,20-,21?/m0/s1. The average Bonchev–Trinajstić information content (AvgIpc) is 3.01. The first-order valence-corrected chi connectivity index (χ1v) is 10.0. The molecule has 0 spiro atoms. The van der Waals surface area contributed by atoms with Gasteiger partial charge in [-0.05, 0) is 36.5 Å².